The van der Waals surface area contributed by atoms with Gasteiger partial charge in [-0.25, -0.2) is 0 Å². The molecular weight excluding hydrogens is 769 g/mol. The number of nitrogens with one attached hydrogen (secondary N) is 3. The molecule has 0 spiro atoms. The number of carbonyl (C=O) groups is 3. The zero-order valence-corrected chi connectivity index (χ0v) is 34.4. The van der Waals surface area contributed by atoms with Crippen LogP contribution < -0.4 is 16.0 Å². The van der Waals surface area contributed by atoms with Gasteiger partial charge in [-0.05, 0) is 59.3 Å². The van der Waals surface area contributed by atoms with Crippen LogP contribution in [0.1, 0.15) is 92.9 Å². The quantitative estimate of drug-likeness (QED) is 0.0314. The van der Waals surface area contributed by atoms with Gasteiger partial charge in [0.25, 0.3) is 5.91 Å². The van der Waals surface area contributed by atoms with Crippen molar-refractivity contribution in [1.82, 2.24) is 16.0 Å². The molecular formula is C38H62IN3O5S2. The molecule has 0 heterocycles. The minimum absolute atomic E-state index is 0.0168. The molecule has 0 radical (unpaired) electrons. The molecule has 278 valence electrons. The highest BCUT2D eigenvalue weighted by molar-refractivity contribution is 14.1. The van der Waals surface area contributed by atoms with Gasteiger partial charge in [-0.3, -0.25) is 14.4 Å². The van der Waals surface area contributed by atoms with E-state index in [4.69, 9.17) is 7.80 Å². The van der Waals surface area contributed by atoms with Crippen LogP contribution in [-0.2, 0) is 22.2 Å². The van der Waals surface area contributed by atoms with Crippen molar-refractivity contribution in [2.45, 2.75) is 105 Å². The number of hydrogen-bond acceptors (Lipinski definition) is 7. The molecule has 8 nitrogen and oxygen atoms in total. The van der Waals surface area contributed by atoms with E-state index in [1.165, 1.54) is 0 Å². The first kappa shape index (κ1) is 47.2. The first-order chi connectivity index (χ1) is 23.4. The Bertz CT molecular complexity index is 1080. The van der Waals surface area contributed by atoms with Gasteiger partial charge < -0.3 is 23.8 Å². The molecule has 0 fully saturated rings. The lowest BCUT2D eigenvalue weighted by Crippen LogP contribution is -2.47. The number of carbonyl (C=O) groups excluding carboxylic acids is 3. The number of ether oxygens (including phenoxy) is 1. The summed E-state index contributed by atoms with van der Waals surface area (Å²) < 4.78 is 11.3. The molecule has 0 unspecified atom stereocenters. The summed E-state index contributed by atoms with van der Waals surface area (Å²) in [6.07, 6.45) is 31.4. The van der Waals surface area contributed by atoms with Crippen LogP contribution >= 0.6 is 44.6 Å². The zero-order chi connectivity index (χ0) is 36.6. The molecule has 0 aromatic heterocycles. The summed E-state index contributed by atoms with van der Waals surface area (Å²) >= 11 is 1.74. The second-order valence-electron chi connectivity index (χ2n) is 12.9. The first-order valence-electron chi connectivity index (χ1n) is 17.3. The Labute approximate surface area is 319 Å². The predicted octanol–water partition coefficient (Wildman–Crippen LogP) is 8.77. The van der Waals surface area contributed by atoms with Gasteiger partial charge in [0.2, 0.25) is 11.8 Å². The molecule has 3 amide bonds. The van der Waals surface area contributed by atoms with Gasteiger partial charge in [-0.1, -0.05) is 115 Å². The predicted molar refractivity (Wildman–Crippen MR) is 220 cm³/mol. The molecule has 0 aliphatic rings. The number of amides is 3. The van der Waals surface area contributed by atoms with E-state index in [-0.39, 0.29) is 36.3 Å². The summed E-state index contributed by atoms with van der Waals surface area (Å²) in [4.78, 5) is 36.8. The first-order valence-corrected chi connectivity index (χ1v) is 20.7. The minimum atomic E-state index is -0.701. The topological polar surface area (TPSA) is 106 Å². The van der Waals surface area contributed by atoms with E-state index in [2.05, 4.69) is 83.6 Å². The molecule has 3 N–H and O–H groups in total. The lowest BCUT2D eigenvalue weighted by Gasteiger charge is -2.34. The Kier molecular flexibility index (Phi) is 29.8. The van der Waals surface area contributed by atoms with Crippen LogP contribution in [-0.4, -0.2) is 67.2 Å². The fourth-order valence-electron chi connectivity index (χ4n) is 3.84. The van der Waals surface area contributed by atoms with E-state index in [1.807, 2.05) is 46.8 Å². The maximum Gasteiger partial charge on any atom is 0.250 e. The summed E-state index contributed by atoms with van der Waals surface area (Å²) in [5.41, 5.74) is -0.849. The van der Waals surface area contributed by atoms with Crippen LogP contribution in [0.3, 0.4) is 0 Å². The van der Waals surface area contributed by atoms with E-state index < -0.39 is 11.5 Å². The molecule has 0 bridgehead atoms. The fraction of sp³-hybridized carbons (Fsp3) is 0.605. The van der Waals surface area contributed by atoms with Crippen molar-refractivity contribution in [3.8, 4) is 0 Å². The van der Waals surface area contributed by atoms with Crippen LogP contribution in [0.4, 0.5) is 0 Å². The summed E-state index contributed by atoms with van der Waals surface area (Å²) in [5.74, 6) is 1.18. The number of hydrogen-bond donors (Lipinski definition) is 3. The Morgan fingerprint density at radius 3 is 1.55 bits per heavy atom. The summed E-state index contributed by atoms with van der Waals surface area (Å²) in [7, 11) is 3.31. The highest BCUT2D eigenvalue weighted by atomic mass is 127. The van der Waals surface area contributed by atoms with Gasteiger partial charge >= 0.3 is 0 Å². The van der Waals surface area contributed by atoms with Crippen LogP contribution in [0, 0.1) is 5.41 Å². The monoisotopic (exact) mass is 831 g/mol. The summed E-state index contributed by atoms with van der Waals surface area (Å²) in [6, 6.07) is 0. The minimum Gasteiger partial charge on any atom is -0.375 e. The van der Waals surface area contributed by atoms with E-state index in [0.717, 1.165) is 50.0 Å². The average molecular weight is 832 g/mol. The molecule has 49 heavy (non-hydrogen) atoms. The molecule has 0 aliphatic carbocycles. The Balaban J connectivity index is 3.81. The molecule has 0 saturated carbocycles. The highest BCUT2D eigenvalue weighted by Gasteiger charge is 2.37. The second kappa shape index (κ2) is 31.0. The van der Waals surface area contributed by atoms with Gasteiger partial charge in [0.1, 0.15) is 23.0 Å². The average Bonchev–Trinajstić information content (AvgIpc) is 3.04. The smallest absolute Gasteiger partial charge is 0.250 e. The number of allylic oxidation sites excluding steroid dienone is 11. The summed E-state index contributed by atoms with van der Waals surface area (Å²) in [6.45, 7) is 13.6. The van der Waals surface area contributed by atoms with Crippen molar-refractivity contribution in [2.24, 2.45) is 5.41 Å². The van der Waals surface area contributed by atoms with Crippen molar-refractivity contribution in [3.05, 3.63) is 72.9 Å². The molecule has 0 aliphatic heterocycles. The lowest BCUT2D eigenvalue weighted by molar-refractivity contribution is -0.136. The third-order valence-corrected chi connectivity index (χ3v) is 9.48. The third kappa shape index (κ3) is 30.7. The summed E-state index contributed by atoms with van der Waals surface area (Å²) in [5, 5.41) is 8.61. The Hall–Kier alpha value is -1.80. The van der Waals surface area contributed by atoms with Gasteiger partial charge in [-0.2, -0.15) is 0 Å². The second-order valence-corrected chi connectivity index (χ2v) is 16.1. The zero-order valence-electron chi connectivity index (χ0n) is 30.6. The third-order valence-electron chi connectivity index (χ3n) is 6.56. The van der Waals surface area contributed by atoms with Gasteiger partial charge in [-0.15, -0.1) is 0 Å². The van der Waals surface area contributed by atoms with Crippen LogP contribution in [0.5, 0.6) is 0 Å². The number of halogens is 1. The van der Waals surface area contributed by atoms with Crippen molar-refractivity contribution in [2.75, 3.05) is 37.7 Å². The van der Waals surface area contributed by atoms with E-state index >= 15 is 0 Å². The molecule has 11 heteroatoms. The Morgan fingerprint density at radius 2 is 1.10 bits per heavy atom. The van der Waals surface area contributed by atoms with Gasteiger partial charge in [0, 0.05) is 49.4 Å². The number of rotatable bonds is 28. The van der Waals surface area contributed by atoms with E-state index in [1.54, 1.807) is 44.6 Å². The highest BCUT2D eigenvalue weighted by Crippen LogP contribution is 2.28. The molecule has 0 aromatic carbocycles. The SMILES string of the molecule is CC/C=C\C/C=C\C/C=C\C/C=C\C/C=C\C/C=C\CC(=O)NCCSSCCNC(=O)CCNC(=O)[C@H](OI)C(C)(C)COC(C)(C)C. The van der Waals surface area contributed by atoms with E-state index in [0.29, 0.717) is 26.1 Å². The maximum absolute atomic E-state index is 12.7. The molecule has 0 saturated heterocycles. The maximum atomic E-state index is 12.7. The van der Waals surface area contributed by atoms with Crippen LogP contribution in [0.2, 0.25) is 0 Å². The van der Waals surface area contributed by atoms with Crippen LogP contribution in [0.25, 0.3) is 0 Å². The van der Waals surface area contributed by atoms with Crippen molar-refractivity contribution in [1.29, 1.82) is 0 Å². The van der Waals surface area contributed by atoms with Crippen molar-refractivity contribution < 1.29 is 22.2 Å². The van der Waals surface area contributed by atoms with Crippen molar-refractivity contribution in [3.63, 3.8) is 0 Å². The fourth-order valence-corrected chi connectivity index (χ4v) is 6.57. The molecule has 0 rings (SSSR count). The van der Waals surface area contributed by atoms with Crippen molar-refractivity contribution >= 4 is 62.3 Å². The van der Waals surface area contributed by atoms with Gasteiger partial charge in [0.15, 0.2) is 6.10 Å². The van der Waals surface area contributed by atoms with Gasteiger partial charge in [0.05, 0.1) is 12.2 Å². The van der Waals surface area contributed by atoms with Crippen LogP contribution in [0.15, 0.2) is 72.9 Å². The molecule has 1 atom stereocenters. The largest absolute Gasteiger partial charge is 0.375 e. The standard InChI is InChI=1S/C38H62IN3O5S2/c1-7-8-9-10-11-12-13-14-15-16-17-18-19-20-21-22-23-24-25-33(43)40-28-30-48-49-31-29-41-34(44)26-27-42-36(45)35(47-39)38(5,6)32-46-37(2,3)4/h8-9,11-12,14-15,17-18,20-21,23-24,35H,7,10,13,16,19,22,25-32H2,1-6H3,(H,40,43)(H,41,44)(H,42,45)/b9-8-,12-11-,15-14-,18-17-,21-20-,24-23-/t35-/m0/s1. The Morgan fingerprint density at radius 1 is 0.653 bits per heavy atom. The lowest BCUT2D eigenvalue weighted by atomic mass is 9.86. The van der Waals surface area contributed by atoms with E-state index in [9.17, 15) is 14.4 Å². The molecule has 0 aromatic rings. The normalized spacial score (nSPS) is 13.5.